The molecule has 1 aromatic heterocycles. The number of hydrogen-bond acceptors (Lipinski definition) is 4. The summed E-state index contributed by atoms with van der Waals surface area (Å²) in [5.41, 5.74) is 2.88. The van der Waals surface area contributed by atoms with Crippen LogP contribution in [0.3, 0.4) is 0 Å². The van der Waals surface area contributed by atoms with Crippen molar-refractivity contribution in [1.29, 1.82) is 0 Å². The maximum absolute atomic E-state index is 12.7. The number of amides is 1. The highest BCUT2D eigenvalue weighted by Crippen LogP contribution is 2.36. The van der Waals surface area contributed by atoms with E-state index in [-0.39, 0.29) is 5.91 Å². The fraction of sp³-hybridized carbons (Fsp3) is 0.455. The highest BCUT2D eigenvalue weighted by molar-refractivity contribution is 5.94. The lowest BCUT2D eigenvalue weighted by Crippen LogP contribution is -2.35. The van der Waals surface area contributed by atoms with Gasteiger partial charge in [-0.2, -0.15) is 0 Å². The molecule has 2 aliphatic rings. The smallest absolute Gasteiger partial charge is 0.253 e. The molecule has 0 unspecified atom stereocenters. The van der Waals surface area contributed by atoms with Gasteiger partial charge in [0, 0.05) is 36.5 Å². The third-order valence-corrected chi connectivity index (χ3v) is 5.46. The molecule has 0 N–H and O–H groups in total. The van der Waals surface area contributed by atoms with Gasteiger partial charge in [0.15, 0.2) is 11.5 Å². The average Bonchev–Trinajstić information content (AvgIpc) is 2.73. The predicted molar refractivity (Wildman–Crippen MR) is 103 cm³/mol. The number of fused-ring (bicyclic) bond motifs is 1. The molecule has 4 rings (SSSR count). The summed E-state index contributed by atoms with van der Waals surface area (Å²) in [6.45, 7) is 2.37. The second-order valence-electron chi connectivity index (χ2n) is 7.42. The molecule has 5 nitrogen and oxygen atoms in total. The Kier molecular flexibility index (Phi) is 5.28. The first-order valence-corrected chi connectivity index (χ1v) is 9.77. The first-order valence-electron chi connectivity index (χ1n) is 9.77. The number of pyridine rings is 1. The summed E-state index contributed by atoms with van der Waals surface area (Å²) in [5.74, 6) is 2.13. The summed E-state index contributed by atoms with van der Waals surface area (Å²) in [4.78, 5) is 19.2. The van der Waals surface area contributed by atoms with Crippen LogP contribution < -0.4 is 9.47 Å². The normalized spacial score (nSPS) is 19.1. The van der Waals surface area contributed by atoms with E-state index in [0.29, 0.717) is 12.5 Å². The van der Waals surface area contributed by atoms with Gasteiger partial charge < -0.3 is 14.4 Å². The largest absolute Gasteiger partial charge is 0.493 e. The van der Waals surface area contributed by atoms with Crippen molar-refractivity contribution in [1.82, 2.24) is 9.88 Å². The number of carbonyl (C=O) groups is 1. The first-order chi connectivity index (χ1) is 13.2. The van der Waals surface area contributed by atoms with Crippen molar-refractivity contribution in [3.8, 4) is 11.5 Å². The van der Waals surface area contributed by atoms with Gasteiger partial charge in [0.1, 0.15) is 0 Å². The van der Waals surface area contributed by atoms with Crippen LogP contribution in [-0.2, 0) is 12.8 Å². The van der Waals surface area contributed by atoms with Crippen LogP contribution in [0.2, 0.25) is 0 Å². The lowest BCUT2D eigenvalue weighted by molar-refractivity contribution is 0.0724. The van der Waals surface area contributed by atoms with Crippen molar-refractivity contribution in [3.05, 3.63) is 53.3 Å². The average molecular weight is 366 g/mol. The van der Waals surface area contributed by atoms with Crippen molar-refractivity contribution >= 4 is 5.91 Å². The van der Waals surface area contributed by atoms with E-state index in [2.05, 4.69) is 11.1 Å². The van der Waals surface area contributed by atoms with Crippen LogP contribution in [-0.4, -0.2) is 42.6 Å². The van der Waals surface area contributed by atoms with Crippen molar-refractivity contribution in [2.45, 2.75) is 32.1 Å². The van der Waals surface area contributed by atoms with Crippen LogP contribution in [0, 0.1) is 5.92 Å². The van der Waals surface area contributed by atoms with Crippen molar-refractivity contribution in [2.24, 2.45) is 5.92 Å². The van der Waals surface area contributed by atoms with Gasteiger partial charge in [0.25, 0.3) is 5.91 Å². The van der Waals surface area contributed by atoms with E-state index in [9.17, 15) is 4.79 Å². The third kappa shape index (κ3) is 3.92. The molecule has 1 saturated heterocycles. The zero-order valence-corrected chi connectivity index (χ0v) is 15.8. The zero-order valence-electron chi connectivity index (χ0n) is 15.8. The molecule has 5 heteroatoms. The van der Waals surface area contributed by atoms with Crippen molar-refractivity contribution in [3.63, 3.8) is 0 Å². The van der Waals surface area contributed by atoms with Crippen LogP contribution >= 0.6 is 0 Å². The number of likely N-dealkylation sites (tertiary alicyclic amines) is 1. The molecule has 0 radical (unpaired) electrons. The van der Waals surface area contributed by atoms with Gasteiger partial charge in [-0.25, -0.2) is 0 Å². The Morgan fingerprint density at radius 1 is 1.26 bits per heavy atom. The quantitative estimate of drug-likeness (QED) is 0.831. The molecule has 2 aliphatic heterocycles. The van der Waals surface area contributed by atoms with Gasteiger partial charge in [-0.05, 0) is 55.9 Å². The predicted octanol–water partition coefficient (Wildman–Crippen LogP) is 3.51. The molecule has 1 aromatic carbocycles. The number of ether oxygens (including phenoxy) is 2. The van der Waals surface area contributed by atoms with Gasteiger partial charge in [-0.15, -0.1) is 0 Å². The lowest BCUT2D eigenvalue weighted by Gasteiger charge is -2.27. The number of aromatic nitrogens is 1. The summed E-state index contributed by atoms with van der Waals surface area (Å²) < 4.78 is 11.4. The summed E-state index contributed by atoms with van der Waals surface area (Å²) in [5, 5.41) is 0. The number of rotatable bonds is 4. The Labute approximate surface area is 160 Å². The van der Waals surface area contributed by atoms with E-state index < -0.39 is 0 Å². The molecule has 0 aliphatic carbocycles. The number of benzene rings is 1. The van der Waals surface area contributed by atoms with Gasteiger partial charge in [-0.3, -0.25) is 9.78 Å². The Hall–Kier alpha value is -2.56. The maximum Gasteiger partial charge on any atom is 0.253 e. The van der Waals surface area contributed by atoms with Crippen LogP contribution in [0.1, 0.15) is 40.9 Å². The molecular formula is C22H26N2O3. The van der Waals surface area contributed by atoms with E-state index in [4.69, 9.17) is 9.47 Å². The highest BCUT2D eigenvalue weighted by Gasteiger charge is 2.24. The molecule has 0 saturated carbocycles. The highest BCUT2D eigenvalue weighted by atomic mass is 16.5. The zero-order chi connectivity index (χ0) is 18.6. The van der Waals surface area contributed by atoms with Crippen molar-refractivity contribution in [2.75, 3.05) is 26.8 Å². The maximum atomic E-state index is 12.7. The summed E-state index contributed by atoms with van der Waals surface area (Å²) in [7, 11) is 1.67. The Bertz CT molecular complexity index is 815. The Morgan fingerprint density at radius 3 is 2.93 bits per heavy atom. The van der Waals surface area contributed by atoms with Gasteiger partial charge in [0.2, 0.25) is 0 Å². The molecule has 27 heavy (non-hydrogen) atoms. The van der Waals surface area contributed by atoms with Crippen LogP contribution in [0.15, 0.2) is 36.5 Å². The number of nitrogens with zero attached hydrogens (tertiary/aromatic N) is 2. The number of methoxy groups -OCH3 is 1. The van der Waals surface area contributed by atoms with Crippen LogP contribution in [0.25, 0.3) is 0 Å². The summed E-state index contributed by atoms with van der Waals surface area (Å²) in [6.07, 6.45) is 6.92. The molecule has 1 fully saturated rings. The summed E-state index contributed by atoms with van der Waals surface area (Å²) >= 11 is 0. The van der Waals surface area contributed by atoms with Crippen LogP contribution in [0.5, 0.6) is 11.5 Å². The molecule has 3 heterocycles. The Balaban J connectivity index is 1.45. The second-order valence-corrected chi connectivity index (χ2v) is 7.42. The minimum Gasteiger partial charge on any atom is -0.493 e. The number of para-hydroxylation sites is 1. The number of hydrogen-bond donors (Lipinski definition) is 0. The second kappa shape index (κ2) is 7.99. The monoisotopic (exact) mass is 366 g/mol. The van der Waals surface area contributed by atoms with Crippen LogP contribution in [0.4, 0.5) is 0 Å². The van der Waals surface area contributed by atoms with Crippen molar-refractivity contribution < 1.29 is 14.3 Å². The lowest BCUT2D eigenvalue weighted by atomic mass is 9.92. The standard InChI is InChI=1S/C22H26N2O3/c1-26-20-7-5-6-17-12-16(15-27-21(17)20)13-19-14-18(8-9-23-19)22(25)24-10-3-2-4-11-24/h5-9,14,16H,2-4,10-13,15H2,1H3/t16-/m0/s1. The molecule has 0 spiro atoms. The Morgan fingerprint density at radius 2 is 2.11 bits per heavy atom. The van der Waals surface area contributed by atoms with Gasteiger partial charge >= 0.3 is 0 Å². The molecule has 0 bridgehead atoms. The SMILES string of the molecule is COc1cccc2c1OC[C@H](Cc1cc(C(=O)N3CCCCC3)ccn1)C2. The topological polar surface area (TPSA) is 51.7 Å². The van der Waals surface area contributed by atoms with E-state index in [0.717, 1.165) is 61.5 Å². The molecule has 1 atom stereocenters. The minimum absolute atomic E-state index is 0.133. The number of carbonyl (C=O) groups excluding carboxylic acids is 1. The molecular weight excluding hydrogens is 340 g/mol. The van der Waals surface area contributed by atoms with Gasteiger partial charge in [0.05, 0.1) is 13.7 Å². The fourth-order valence-corrected chi connectivity index (χ4v) is 4.05. The van der Waals surface area contributed by atoms with E-state index >= 15 is 0 Å². The van der Waals surface area contributed by atoms with E-state index in [1.807, 2.05) is 29.2 Å². The fourth-order valence-electron chi connectivity index (χ4n) is 4.05. The van der Waals surface area contributed by atoms with E-state index in [1.165, 1.54) is 12.0 Å². The number of piperidine rings is 1. The molecule has 1 amide bonds. The third-order valence-electron chi connectivity index (χ3n) is 5.46. The minimum atomic E-state index is 0.133. The molecule has 2 aromatic rings. The van der Waals surface area contributed by atoms with Gasteiger partial charge in [-0.1, -0.05) is 12.1 Å². The first kappa shape index (κ1) is 17.8. The summed E-state index contributed by atoms with van der Waals surface area (Å²) in [6, 6.07) is 9.81. The van der Waals surface area contributed by atoms with E-state index in [1.54, 1.807) is 13.3 Å². The molecule has 142 valence electrons.